The minimum absolute atomic E-state index is 0.0626. The monoisotopic (exact) mass is 450 g/mol. The molecule has 3 aliphatic carbocycles. The van der Waals surface area contributed by atoms with Gasteiger partial charge in [-0.05, 0) is 54.7 Å². The number of hydrogen-bond donors (Lipinski definition) is 0. The fourth-order valence-electron chi connectivity index (χ4n) is 5.52. The van der Waals surface area contributed by atoms with Crippen molar-refractivity contribution < 1.29 is 13.6 Å². The van der Waals surface area contributed by atoms with Crippen LogP contribution < -0.4 is 4.90 Å². The molecule has 9 heteroatoms. The number of hydrogen-bond acceptors (Lipinski definition) is 6. The van der Waals surface area contributed by atoms with E-state index in [2.05, 4.69) is 15.1 Å². The summed E-state index contributed by atoms with van der Waals surface area (Å²) in [6, 6.07) is 4.88. The highest BCUT2D eigenvalue weighted by atomic mass is 19.1. The molecule has 1 unspecified atom stereocenters. The first-order valence-electron chi connectivity index (χ1n) is 11.2. The molecule has 170 valence electrons. The number of nitrogens with zero attached hydrogens (tertiary/aromatic N) is 6. The number of hydrazone groups is 1. The molecular weight excluding hydrogens is 426 g/mol. The normalized spacial score (nSPS) is 27.7. The molecule has 4 aliphatic rings. The van der Waals surface area contributed by atoms with E-state index < -0.39 is 17.7 Å². The Morgan fingerprint density at radius 1 is 1.15 bits per heavy atom. The van der Waals surface area contributed by atoms with E-state index in [1.807, 2.05) is 18.0 Å². The van der Waals surface area contributed by atoms with Crippen molar-refractivity contribution >= 4 is 17.9 Å². The van der Waals surface area contributed by atoms with Crippen LogP contribution in [0.5, 0.6) is 0 Å². The molecule has 2 heterocycles. The van der Waals surface area contributed by atoms with Crippen LogP contribution >= 0.6 is 0 Å². The number of anilines is 1. The molecule has 1 aromatic heterocycles. The van der Waals surface area contributed by atoms with Crippen LogP contribution in [0, 0.1) is 46.6 Å². The standard InChI is InChI=1S/C24H24F2N6O/c1-31(23-12-28-20(10-27)11-29-23)13-17-8-21(15-4-14(17)5-15)24(33)32-22(2-3-30-32)16-6-18(25)9-19(26)7-16/h3,6-7,9,11-12,14-15,17,21-22H,2,4-5,8,13H2,1H3/t14?,15?,17-,21-,22?/m0/s1. The van der Waals surface area contributed by atoms with Gasteiger partial charge in [0.1, 0.15) is 23.5 Å². The largest absolute Gasteiger partial charge is 0.358 e. The lowest BCUT2D eigenvalue weighted by Gasteiger charge is -2.52. The van der Waals surface area contributed by atoms with Gasteiger partial charge in [0, 0.05) is 38.2 Å². The van der Waals surface area contributed by atoms with Crippen LogP contribution in [0.25, 0.3) is 0 Å². The van der Waals surface area contributed by atoms with Crippen LogP contribution in [0.4, 0.5) is 14.6 Å². The third-order valence-corrected chi connectivity index (χ3v) is 7.30. The van der Waals surface area contributed by atoms with Crippen molar-refractivity contribution in [2.45, 2.75) is 31.7 Å². The van der Waals surface area contributed by atoms with Crippen LogP contribution in [0.1, 0.15) is 43.0 Å². The molecule has 2 bridgehead atoms. The van der Waals surface area contributed by atoms with Crippen molar-refractivity contribution in [3.63, 3.8) is 0 Å². The highest BCUT2D eigenvalue weighted by Gasteiger charge is 2.50. The van der Waals surface area contributed by atoms with Gasteiger partial charge in [0.25, 0.3) is 0 Å². The van der Waals surface area contributed by atoms with E-state index in [9.17, 15) is 13.6 Å². The third-order valence-electron chi connectivity index (χ3n) is 7.30. The van der Waals surface area contributed by atoms with Gasteiger partial charge >= 0.3 is 0 Å². The van der Waals surface area contributed by atoms with E-state index in [4.69, 9.17) is 5.26 Å². The molecule has 1 aromatic carbocycles. The van der Waals surface area contributed by atoms with Gasteiger partial charge in [-0.2, -0.15) is 10.4 Å². The van der Waals surface area contributed by atoms with Gasteiger partial charge in [-0.25, -0.2) is 23.8 Å². The van der Waals surface area contributed by atoms with E-state index in [0.717, 1.165) is 31.9 Å². The highest BCUT2D eigenvalue weighted by Crippen LogP contribution is 2.53. The van der Waals surface area contributed by atoms with Gasteiger partial charge in [0.15, 0.2) is 5.69 Å². The third kappa shape index (κ3) is 4.06. The fourth-order valence-corrected chi connectivity index (χ4v) is 5.52. The number of nitriles is 1. The average molecular weight is 450 g/mol. The lowest BCUT2D eigenvalue weighted by atomic mass is 9.55. The Balaban J connectivity index is 1.29. The number of halogens is 2. The fraction of sp³-hybridized carbons (Fsp3) is 0.458. The Morgan fingerprint density at radius 3 is 2.58 bits per heavy atom. The Bertz CT molecular complexity index is 1100. The first-order valence-corrected chi connectivity index (χ1v) is 11.2. The number of aromatic nitrogens is 2. The molecule has 3 fully saturated rings. The summed E-state index contributed by atoms with van der Waals surface area (Å²) >= 11 is 0. The van der Waals surface area contributed by atoms with Crippen molar-refractivity contribution in [3.8, 4) is 6.07 Å². The molecule has 0 N–H and O–H groups in total. The summed E-state index contributed by atoms with van der Waals surface area (Å²) in [5.74, 6) is 0.390. The number of carbonyl (C=O) groups is 1. The smallest absolute Gasteiger partial charge is 0.246 e. The van der Waals surface area contributed by atoms with E-state index in [1.54, 1.807) is 12.4 Å². The summed E-state index contributed by atoms with van der Waals surface area (Å²) < 4.78 is 27.5. The minimum atomic E-state index is -0.655. The summed E-state index contributed by atoms with van der Waals surface area (Å²) in [5, 5.41) is 14.6. The molecule has 2 aromatic rings. The quantitative estimate of drug-likeness (QED) is 0.694. The Kier molecular flexibility index (Phi) is 5.52. The molecular formula is C24H24F2N6O. The zero-order valence-electron chi connectivity index (χ0n) is 18.2. The second kappa shape index (κ2) is 8.50. The van der Waals surface area contributed by atoms with E-state index in [-0.39, 0.29) is 17.5 Å². The van der Waals surface area contributed by atoms with Crippen molar-refractivity contribution in [1.29, 1.82) is 5.26 Å². The van der Waals surface area contributed by atoms with E-state index in [0.29, 0.717) is 35.6 Å². The van der Waals surface area contributed by atoms with Crippen molar-refractivity contribution in [2.75, 3.05) is 18.5 Å². The van der Waals surface area contributed by atoms with Crippen molar-refractivity contribution in [2.24, 2.45) is 28.8 Å². The van der Waals surface area contributed by atoms with Gasteiger partial charge in [0.05, 0.1) is 18.4 Å². The SMILES string of the molecule is CN(C[C@@H]1C[C@H](C(=O)N2N=CCC2c2cc(F)cc(F)c2)C2CC1C2)c1cnc(C#N)cn1. The molecule has 0 radical (unpaired) electrons. The van der Waals surface area contributed by atoms with E-state index in [1.165, 1.54) is 23.3 Å². The zero-order valence-corrected chi connectivity index (χ0v) is 18.2. The first-order chi connectivity index (χ1) is 15.9. The number of amides is 1. The Labute approximate surface area is 190 Å². The molecule has 3 atom stereocenters. The summed E-state index contributed by atoms with van der Waals surface area (Å²) in [6.07, 6.45) is 7.90. The van der Waals surface area contributed by atoms with Crippen molar-refractivity contribution in [3.05, 3.63) is 53.5 Å². The zero-order chi connectivity index (χ0) is 23.1. The van der Waals surface area contributed by atoms with Gasteiger partial charge in [-0.1, -0.05) is 0 Å². The first kappa shape index (κ1) is 21.4. The average Bonchev–Trinajstić information content (AvgIpc) is 3.27. The second-order valence-corrected chi connectivity index (χ2v) is 9.28. The van der Waals surface area contributed by atoms with Gasteiger partial charge < -0.3 is 4.90 Å². The van der Waals surface area contributed by atoms with Gasteiger partial charge in [0.2, 0.25) is 5.91 Å². The van der Waals surface area contributed by atoms with Crippen molar-refractivity contribution in [1.82, 2.24) is 15.0 Å². The molecule has 1 amide bonds. The van der Waals surface area contributed by atoms with Crippen LogP contribution in [-0.2, 0) is 4.79 Å². The number of benzene rings is 1. The molecule has 0 spiro atoms. The number of rotatable bonds is 5. The summed E-state index contributed by atoms with van der Waals surface area (Å²) in [6.45, 7) is 0.740. The predicted octanol–water partition coefficient (Wildman–Crippen LogP) is 3.68. The van der Waals surface area contributed by atoms with Crippen LogP contribution in [0.3, 0.4) is 0 Å². The van der Waals surface area contributed by atoms with Crippen LogP contribution in [-0.4, -0.2) is 40.7 Å². The Hall–Kier alpha value is -3.41. The minimum Gasteiger partial charge on any atom is -0.358 e. The molecule has 7 nitrogen and oxygen atoms in total. The van der Waals surface area contributed by atoms with E-state index >= 15 is 0 Å². The van der Waals surface area contributed by atoms with Crippen LogP contribution in [0.15, 0.2) is 35.7 Å². The topological polar surface area (TPSA) is 85.5 Å². The summed E-state index contributed by atoms with van der Waals surface area (Å²) in [4.78, 5) is 23.9. The predicted molar refractivity (Wildman–Crippen MR) is 117 cm³/mol. The lowest BCUT2D eigenvalue weighted by molar-refractivity contribution is -0.147. The number of fused-ring (bicyclic) bond motifs is 2. The summed E-state index contributed by atoms with van der Waals surface area (Å²) in [5.41, 5.74) is 0.701. The Morgan fingerprint density at radius 2 is 1.91 bits per heavy atom. The second-order valence-electron chi connectivity index (χ2n) is 9.28. The number of carbonyl (C=O) groups excluding carboxylic acids is 1. The molecule has 6 rings (SSSR count). The maximum absolute atomic E-state index is 13.8. The van der Waals surface area contributed by atoms with Gasteiger partial charge in [-0.3, -0.25) is 4.79 Å². The molecule has 1 aliphatic heterocycles. The van der Waals surface area contributed by atoms with Crippen LogP contribution in [0.2, 0.25) is 0 Å². The molecule has 33 heavy (non-hydrogen) atoms. The molecule has 0 saturated heterocycles. The lowest BCUT2D eigenvalue weighted by Crippen LogP contribution is -2.51. The maximum Gasteiger partial charge on any atom is 0.246 e. The molecule has 3 saturated carbocycles. The van der Waals surface area contributed by atoms with Gasteiger partial charge in [-0.15, -0.1) is 0 Å². The highest BCUT2D eigenvalue weighted by molar-refractivity contribution is 5.82. The summed E-state index contributed by atoms with van der Waals surface area (Å²) in [7, 11) is 1.94. The maximum atomic E-state index is 13.8.